The maximum absolute atomic E-state index is 9.64. The highest BCUT2D eigenvalue weighted by Gasteiger charge is 2.20. The van der Waals surface area contributed by atoms with Gasteiger partial charge in [-0.25, -0.2) is 0 Å². The SMILES string of the molecule is CNCC1CCCN(CC(O)COC)C1. The summed E-state index contributed by atoms with van der Waals surface area (Å²) in [6.45, 7) is 4.47. The molecule has 1 heterocycles. The number of hydrogen-bond acceptors (Lipinski definition) is 4. The summed E-state index contributed by atoms with van der Waals surface area (Å²) in [5, 5.41) is 12.9. The molecule has 2 N–H and O–H groups in total. The molecule has 0 aromatic rings. The molecule has 1 rings (SSSR count). The number of aliphatic hydroxyl groups is 1. The molecule has 0 radical (unpaired) electrons. The number of nitrogens with one attached hydrogen (secondary N) is 1. The second-order valence-electron chi connectivity index (χ2n) is 4.43. The maximum Gasteiger partial charge on any atom is 0.0900 e. The van der Waals surface area contributed by atoms with Crippen LogP contribution in [0.3, 0.4) is 0 Å². The third-order valence-electron chi connectivity index (χ3n) is 2.92. The number of nitrogens with zero attached hydrogens (tertiary/aromatic N) is 1. The Bertz CT molecular complexity index is 163. The lowest BCUT2D eigenvalue weighted by atomic mass is 9.98. The van der Waals surface area contributed by atoms with Crippen LogP contribution in [-0.2, 0) is 4.74 Å². The molecule has 0 bridgehead atoms. The smallest absolute Gasteiger partial charge is 0.0900 e. The number of hydrogen-bond donors (Lipinski definition) is 2. The topological polar surface area (TPSA) is 44.7 Å². The van der Waals surface area contributed by atoms with Crippen LogP contribution in [0.5, 0.6) is 0 Å². The first-order valence-electron chi connectivity index (χ1n) is 5.80. The molecule has 1 aliphatic rings. The van der Waals surface area contributed by atoms with E-state index in [2.05, 4.69) is 10.2 Å². The van der Waals surface area contributed by atoms with Crippen LogP contribution in [0.1, 0.15) is 12.8 Å². The molecular formula is C11H24N2O2. The highest BCUT2D eigenvalue weighted by atomic mass is 16.5. The van der Waals surface area contributed by atoms with E-state index in [9.17, 15) is 5.11 Å². The molecule has 0 spiro atoms. The van der Waals surface area contributed by atoms with Crippen LogP contribution in [0.4, 0.5) is 0 Å². The molecule has 2 unspecified atom stereocenters. The Morgan fingerprint density at radius 2 is 2.40 bits per heavy atom. The van der Waals surface area contributed by atoms with Gasteiger partial charge in [0.15, 0.2) is 0 Å². The summed E-state index contributed by atoms with van der Waals surface area (Å²) in [6.07, 6.45) is 2.20. The molecule has 0 aromatic carbocycles. The van der Waals surface area contributed by atoms with E-state index in [0.29, 0.717) is 6.61 Å². The van der Waals surface area contributed by atoms with E-state index >= 15 is 0 Å². The lowest BCUT2D eigenvalue weighted by Crippen LogP contribution is -2.43. The van der Waals surface area contributed by atoms with Gasteiger partial charge in [-0.15, -0.1) is 0 Å². The zero-order valence-corrected chi connectivity index (χ0v) is 9.91. The Balaban J connectivity index is 2.23. The third kappa shape index (κ3) is 4.93. The van der Waals surface area contributed by atoms with Gasteiger partial charge in [-0.05, 0) is 38.9 Å². The fourth-order valence-electron chi connectivity index (χ4n) is 2.32. The molecule has 0 saturated carbocycles. The fourth-order valence-corrected chi connectivity index (χ4v) is 2.32. The Morgan fingerprint density at radius 3 is 3.07 bits per heavy atom. The highest BCUT2D eigenvalue weighted by molar-refractivity contribution is 4.75. The zero-order chi connectivity index (χ0) is 11.1. The summed E-state index contributed by atoms with van der Waals surface area (Å²) in [5.74, 6) is 0.735. The molecule has 1 fully saturated rings. The molecule has 90 valence electrons. The summed E-state index contributed by atoms with van der Waals surface area (Å²) in [5.41, 5.74) is 0. The van der Waals surface area contributed by atoms with Gasteiger partial charge < -0.3 is 20.1 Å². The molecule has 4 heteroatoms. The number of rotatable bonds is 6. The number of β-amino-alcohol motifs (C(OH)–C–C–N with tert-alkyl or cyclic N) is 1. The first-order valence-corrected chi connectivity index (χ1v) is 5.80. The average Bonchev–Trinajstić information content (AvgIpc) is 2.19. The van der Waals surface area contributed by atoms with Crippen molar-refractivity contribution < 1.29 is 9.84 Å². The maximum atomic E-state index is 9.64. The van der Waals surface area contributed by atoms with Crippen molar-refractivity contribution in [1.29, 1.82) is 0 Å². The van der Waals surface area contributed by atoms with Gasteiger partial charge in [0.05, 0.1) is 12.7 Å². The van der Waals surface area contributed by atoms with Crippen molar-refractivity contribution in [2.24, 2.45) is 5.92 Å². The second kappa shape index (κ2) is 7.17. The third-order valence-corrected chi connectivity index (χ3v) is 2.92. The molecular weight excluding hydrogens is 192 g/mol. The van der Waals surface area contributed by atoms with Crippen LogP contribution in [0.15, 0.2) is 0 Å². The predicted octanol–water partition coefficient (Wildman–Crippen LogP) is -0.0749. The standard InChI is InChI=1S/C11H24N2O2/c1-12-6-10-4-3-5-13(7-10)8-11(14)9-15-2/h10-12,14H,3-9H2,1-2H3. The Kier molecular flexibility index (Phi) is 6.17. The summed E-state index contributed by atoms with van der Waals surface area (Å²) < 4.78 is 4.93. The molecule has 15 heavy (non-hydrogen) atoms. The van der Waals surface area contributed by atoms with E-state index in [0.717, 1.165) is 32.1 Å². The first-order chi connectivity index (χ1) is 7.26. The Morgan fingerprint density at radius 1 is 1.60 bits per heavy atom. The molecule has 0 aromatic heterocycles. The molecule has 1 saturated heterocycles. The first kappa shape index (κ1) is 12.9. The zero-order valence-electron chi connectivity index (χ0n) is 9.91. The number of likely N-dealkylation sites (tertiary alicyclic amines) is 1. The second-order valence-corrected chi connectivity index (χ2v) is 4.43. The van der Waals surface area contributed by atoms with Crippen LogP contribution in [-0.4, -0.2) is 63.1 Å². The Labute approximate surface area is 92.6 Å². The van der Waals surface area contributed by atoms with Gasteiger partial charge in [0, 0.05) is 20.2 Å². The molecule has 2 atom stereocenters. The van der Waals surface area contributed by atoms with Crippen molar-refractivity contribution in [2.75, 3.05) is 46.9 Å². The van der Waals surface area contributed by atoms with Crippen molar-refractivity contribution in [3.8, 4) is 0 Å². The minimum absolute atomic E-state index is 0.344. The van der Waals surface area contributed by atoms with Crippen molar-refractivity contribution >= 4 is 0 Å². The number of ether oxygens (including phenoxy) is 1. The van der Waals surface area contributed by atoms with Gasteiger partial charge in [-0.1, -0.05) is 0 Å². The van der Waals surface area contributed by atoms with Crippen LogP contribution >= 0.6 is 0 Å². The van der Waals surface area contributed by atoms with Crippen molar-refractivity contribution in [3.05, 3.63) is 0 Å². The van der Waals surface area contributed by atoms with Crippen LogP contribution in [0, 0.1) is 5.92 Å². The number of piperidine rings is 1. The summed E-state index contributed by atoms with van der Waals surface area (Å²) in [4.78, 5) is 2.34. The quantitative estimate of drug-likeness (QED) is 0.652. The molecule has 0 amide bonds. The van der Waals surface area contributed by atoms with Crippen LogP contribution in [0.2, 0.25) is 0 Å². The normalized spacial score (nSPS) is 25.4. The lowest BCUT2D eigenvalue weighted by molar-refractivity contribution is 0.0272. The Hall–Kier alpha value is -0.160. The van der Waals surface area contributed by atoms with E-state index in [1.54, 1.807) is 7.11 Å². The van der Waals surface area contributed by atoms with Crippen molar-refractivity contribution in [1.82, 2.24) is 10.2 Å². The summed E-state index contributed by atoms with van der Waals surface area (Å²) in [7, 11) is 3.63. The van der Waals surface area contributed by atoms with E-state index in [1.807, 2.05) is 7.05 Å². The van der Waals surface area contributed by atoms with Gasteiger partial charge in [-0.3, -0.25) is 0 Å². The van der Waals surface area contributed by atoms with Gasteiger partial charge >= 0.3 is 0 Å². The molecule has 4 nitrogen and oxygen atoms in total. The van der Waals surface area contributed by atoms with Gasteiger partial charge in [0.1, 0.15) is 0 Å². The number of methoxy groups -OCH3 is 1. The average molecular weight is 216 g/mol. The largest absolute Gasteiger partial charge is 0.389 e. The van der Waals surface area contributed by atoms with Crippen LogP contribution in [0.25, 0.3) is 0 Å². The minimum Gasteiger partial charge on any atom is -0.389 e. The molecule has 0 aliphatic carbocycles. The van der Waals surface area contributed by atoms with Crippen LogP contribution < -0.4 is 5.32 Å². The lowest BCUT2D eigenvalue weighted by Gasteiger charge is -2.33. The van der Waals surface area contributed by atoms with E-state index < -0.39 is 0 Å². The van der Waals surface area contributed by atoms with Gasteiger partial charge in [0.2, 0.25) is 0 Å². The van der Waals surface area contributed by atoms with E-state index in [-0.39, 0.29) is 6.10 Å². The van der Waals surface area contributed by atoms with E-state index in [1.165, 1.54) is 12.8 Å². The minimum atomic E-state index is -0.344. The molecule has 1 aliphatic heterocycles. The van der Waals surface area contributed by atoms with E-state index in [4.69, 9.17) is 4.74 Å². The number of aliphatic hydroxyl groups excluding tert-OH is 1. The highest BCUT2D eigenvalue weighted by Crippen LogP contribution is 2.15. The fraction of sp³-hybridized carbons (Fsp3) is 1.00. The summed E-state index contributed by atoms with van der Waals surface area (Å²) >= 11 is 0. The van der Waals surface area contributed by atoms with Crippen molar-refractivity contribution in [2.45, 2.75) is 18.9 Å². The predicted molar refractivity (Wildman–Crippen MR) is 61.0 cm³/mol. The van der Waals surface area contributed by atoms with Crippen molar-refractivity contribution in [3.63, 3.8) is 0 Å². The summed E-state index contributed by atoms with van der Waals surface area (Å²) in [6, 6.07) is 0. The monoisotopic (exact) mass is 216 g/mol. The van der Waals surface area contributed by atoms with Gasteiger partial charge in [0.25, 0.3) is 0 Å². The van der Waals surface area contributed by atoms with Gasteiger partial charge in [-0.2, -0.15) is 0 Å².